The number of anilines is 1. The maximum Gasteiger partial charge on any atom is 0.231 e. The molecule has 0 aliphatic rings. The maximum absolute atomic E-state index is 11.1. The lowest BCUT2D eigenvalue weighted by Gasteiger charge is -2.20. The van der Waals surface area contributed by atoms with E-state index in [-0.39, 0.29) is 18.4 Å². The third-order valence-electron chi connectivity index (χ3n) is 2.55. The van der Waals surface area contributed by atoms with E-state index >= 15 is 0 Å². The molecule has 5 nitrogen and oxygen atoms in total. The molecule has 3 N–H and O–H groups in total. The highest BCUT2D eigenvalue weighted by molar-refractivity contribution is 5.89. The Bertz CT molecular complexity index is 432. The third kappa shape index (κ3) is 4.55. The summed E-state index contributed by atoms with van der Waals surface area (Å²) in [7, 11) is 0. The maximum atomic E-state index is 11.1. The van der Waals surface area contributed by atoms with E-state index in [9.17, 15) is 9.59 Å². The van der Waals surface area contributed by atoms with Gasteiger partial charge in [-0.2, -0.15) is 0 Å². The zero-order chi connectivity index (χ0) is 13.5. The number of nitrogens with zero attached hydrogens (tertiary/aromatic N) is 1. The van der Waals surface area contributed by atoms with E-state index in [1.807, 2.05) is 36.1 Å². The Labute approximate surface area is 107 Å². The van der Waals surface area contributed by atoms with Gasteiger partial charge in [-0.05, 0) is 18.2 Å². The summed E-state index contributed by atoms with van der Waals surface area (Å²) in [5.74, 6) is -0.464. The second kappa shape index (κ2) is 6.76. The minimum atomic E-state index is -0.353. The number of para-hydroxylation sites is 1. The Morgan fingerprint density at radius 3 is 2.56 bits per heavy atom. The first-order chi connectivity index (χ1) is 8.52. The fourth-order valence-corrected chi connectivity index (χ4v) is 1.71. The van der Waals surface area contributed by atoms with Gasteiger partial charge in [0.2, 0.25) is 11.8 Å². The molecule has 0 saturated carbocycles. The van der Waals surface area contributed by atoms with Crippen molar-refractivity contribution in [3.05, 3.63) is 29.8 Å². The second-order valence-electron chi connectivity index (χ2n) is 4.11. The number of primary amides is 1. The first-order valence-electron chi connectivity index (χ1n) is 5.89. The molecule has 0 unspecified atom stereocenters. The van der Waals surface area contributed by atoms with Crippen LogP contribution in [0.5, 0.6) is 0 Å². The first-order valence-corrected chi connectivity index (χ1v) is 5.89. The standard InChI is InChI=1S/C13H19N3O2/c1-3-16(9-13(14)18)8-11-6-4-5-7-12(11)15-10(2)17/h4-7H,3,8-9H2,1-2H3,(H2,14,18)(H,15,17). The Kier molecular flexibility index (Phi) is 5.32. The van der Waals surface area contributed by atoms with Crippen LogP contribution >= 0.6 is 0 Å². The molecule has 1 aromatic carbocycles. The molecule has 0 atom stereocenters. The number of hydrogen-bond acceptors (Lipinski definition) is 3. The molecule has 1 aromatic rings. The summed E-state index contributed by atoms with van der Waals surface area (Å²) in [5, 5.41) is 2.77. The van der Waals surface area contributed by atoms with E-state index < -0.39 is 0 Å². The molecule has 0 saturated heterocycles. The van der Waals surface area contributed by atoms with Crippen molar-refractivity contribution in [2.24, 2.45) is 5.73 Å². The van der Waals surface area contributed by atoms with E-state index in [0.29, 0.717) is 6.54 Å². The quantitative estimate of drug-likeness (QED) is 0.788. The third-order valence-corrected chi connectivity index (χ3v) is 2.55. The van der Waals surface area contributed by atoms with Crippen molar-refractivity contribution < 1.29 is 9.59 Å². The van der Waals surface area contributed by atoms with Gasteiger partial charge >= 0.3 is 0 Å². The molecule has 0 aromatic heterocycles. The van der Waals surface area contributed by atoms with Crippen molar-refractivity contribution in [2.45, 2.75) is 20.4 Å². The summed E-state index contributed by atoms with van der Waals surface area (Å²) in [4.78, 5) is 24.0. The van der Waals surface area contributed by atoms with Crippen LogP contribution in [0, 0.1) is 0 Å². The lowest BCUT2D eigenvalue weighted by molar-refractivity contribution is -0.119. The number of likely N-dealkylation sites (N-methyl/N-ethyl adjacent to an activating group) is 1. The summed E-state index contributed by atoms with van der Waals surface area (Å²) in [5.41, 5.74) is 6.93. The first kappa shape index (κ1) is 14.2. The highest BCUT2D eigenvalue weighted by Gasteiger charge is 2.10. The van der Waals surface area contributed by atoms with Gasteiger partial charge in [0.1, 0.15) is 0 Å². The minimum Gasteiger partial charge on any atom is -0.369 e. The molecule has 2 amide bonds. The Balaban J connectivity index is 2.81. The summed E-state index contributed by atoms with van der Waals surface area (Å²) >= 11 is 0. The predicted molar refractivity (Wildman–Crippen MR) is 70.9 cm³/mol. The van der Waals surface area contributed by atoms with Crippen molar-refractivity contribution in [2.75, 3.05) is 18.4 Å². The number of benzene rings is 1. The molecule has 0 heterocycles. The van der Waals surface area contributed by atoms with Crippen molar-refractivity contribution in [1.29, 1.82) is 0 Å². The van der Waals surface area contributed by atoms with E-state index in [0.717, 1.165) is 17.8 Å². The Hall–Kier alpha value is -1.88. The van der Waals surface area contributed by atoms with E-state index in [1.54, 1.807) is 0 Å². The summed E-state index contributed by atoms with van der Waals surface area (Å²) < 4.78 is 0. The van der Waals surface area contributed by atoms with Gasteiger partial charge in [0, 0.05) is 19.2 Å². The normalized spacial score (nSPS) is 10.4. The highest BCUT2D eigenvalue weighted by Crippen LogP contribution is 2.17. The Morgan fingerprint density at radius 1 is 1.33 bits per heavy atom. The SMILES string of the molecule is CCN(CC(N)=O)Cc1ccccc1NC(C)=O. The van der Waals surface area contributed by atoms with Gasteiger partial charge < -0.3 is 11.1 Å². The number of nitrogens with two attached hydrogens (primary N) is 1. The molecule has 18 heavy (non-hydrogen) atoms. The van der Waals surface area contributed by atoms with E-state index in [4.69, 9.17) is 5.73 Å². The molecule has 98 valence electrons. The average molecular weight is 249 g/mol. The van der Waals surface area contributed by atoms with Crippen LogP contribution in [-0.4, -0.2) is 29.8 Å². The van der Waals surface area contributed by atoms with Crippen LogP contribution in [0.1, 0.15) is 19.4 Å². The van der Waals surface area contributed by atoms with Gasteiger partial charge in [-0.3, -0.25) is 14.5 Å². The lowest BCUT2D eigenvalue weighted by Crippen LogP contribution is -2.33. The van der Waals surface area contributed by atoms with Gasteiger partial charge in [-0.25, -0.2) is 0 Å². The molecule has 0 fully saturated rings. The molecular formula is C13H19N3O2. The molecule has 0 aliphatic carbocycles. The van der Waals surface area contributed by atoms with Gasteiger partial charge in [-0.1, -0.05) is 25.1 Å². The largest absolute Gasteiger partial charge is 0.369 e. The highest BCUT2D eigenvalue weighted by atomic mass is 16.1. The lowest BCUT2D eigenvalue weighted by atomic mass is 10.1. The monoisotopic (exact) mass is 249 g/mol. The zero-order valence-electron chi connectivity index (χ0n) is 10.8. The number of carbonyl (C=O) groups excluding carboxylic acids is 2. The predicted octanol–water partition coefficient (Wildman–Crippen LogP) is 0.952. The molecule has 0 spiro atoms. The zero-order valence-corrected chi connectivity index (χ0v) is 10.8. The van der Waals surface area contributed by atoms with Crippen molar-refractivity contribution in [1.82, 2.24) is 4.90 Å². The smallest absolute Gasteiger partial charge is 0.231 e. The van der Waals surface area contributed by atoms with Gasteiger partial charge in [0.15, 0.2) is 0 Å². The van der Waals surface area contributed by atoms with Crippen LogP contribution in [-0.2, 0) is 16.1 Å². The number of rotatable bonds is 6. The van der Waals surface area contributed by atoms with Crippen LogP contribution in [0.15, 0.2) is 24.3 Å². The van der Waals surface area contributed by atoms with Crippen molar-refractivity contribution >= 4 is 17.5 Å². The number of hydrogen-bond donors (Lipinski definition) is 2. The topological polar surface area (TPSA) is 75.4 Å². The van der Waals surface area contributed by atoms with Crippen LogP contribution < -0.4 is 11.1 Å². The number of nitrogens with one attached hydrogen (secondary N) is 1. The van der Waals surface area contributed by atoms with Crippen LogP contribution in [0.4, 0.5) is 5.69 Å². The second-order valence-corrected chi connectivity index (χ2v) is 4.11. The average Bonchev–Trinajstić information content (AvgIpc) is 2.29. The van der Waals surface area contributed by atoms with E-state index in [1.165, 1.54) is 6.92 Å². The summed E-state index contributed by atoms with van der Waals surface area (Å²) in [6.45, 7) is 4.94. The summed E-state index contributed by atoms with van der Waals surface area (Å²) in [6.07, 6.45) is 0. The van der Waals surface area contributed by atoms with Gasteiger partial charge in [0.25, 0.3) is 0 Å². The Morgan fingerprint density at radius 2 is 2.00 bits per heavy atom. The molecular weight excluding hydrogens is 230 g/mol. The molecule has 1 rings (SSSR count). The van der Waals surface area contributed by atoms with Gasteiger partial charge in [0.05, 0.1) is 6.54 Å². The van der Waals surface area contributed by atoms with Crippen molar-refractivity contribution in [3.63, 3.8) is 0 Å². The fraction of sp³-hybridized carbons (Fsp3) is 0.385. The molecule has 0 aliphatic heterocycles. The molecule has 0 bridgehead atoms. The van der Waals surface area contributed by atoms with Crippen LogP contribution in [0.25, 0.3) is 0 Å². The summed E-state index contributed by atoms with van der Waals surface area (Å²) in [6, 6.07) is 7.53. The fourth-order valence-electron chi connectivity index (χ4n) is 1.71. The minimum absolute atomic E-state index is 0.111. The molecule has 0 radical (unpaired) electrons. The van der Waals surface area contributed by atoms with E-state index in [2.05, 4.69) is 5.32 Å². The van der Waals surface area contributed by atoms with Crippen LogP contribution in [0.2, 0.25) is 0 Å². The number of carbonyl (C=O) groups is 2. The van der Waals surface area contributed by atoms with Gasteiger partial charge in [-0.15, -0.1) is 0 Å². The number of amides is 2. The van der Waals surface area contributed by atoms with Crippen LogP contribution in [0.3, 0.4) is 0 Å². The molecule has 5 heteroatoms. The van der Waals surface area contributed by atoms with Crippen molar-refractivity contribution in [3.8, 4) is 0 Å².